The van der Waals surface area contributed by atoms with Crippen LogP contribution in [0.4, 0.5) is 26.7 Å². The summed E-state index contributed by atoms with van der Waals surface area (Å²) >= 11 is 6.36. The van der Waals surface area contributed by atoms with Crippen LogP contribution in [-0.2, 0) is 30.3 Å². The van der Waals surface area contributed by atoms with Crippen LogP contribution in [0.1, 0.15) is 76.9 Å². The van der Waals surface area contributed by atoms with Gasteiger partial charge in [-0.3, -0.25) is 14.4 Å². The maximum Gasteiger partial charge on any atom is 0.419 e. The molecule has 5 aromatic rings. The SMILES string of the molecule is CC(C)(C)OC(=O)c1cc2cc(NC(=O)C(Cc3ccc(NC(=O)N4CCC(CCO)CC4)cc3)N3CCN(c4cc(Cl)ccc4-n4cnnn4)C(=O)C3=O)ccc2n1C(=O)OC(C)(C)C. The van der Waals surface area contributed by atoms with Gasteiger partial charge in [-0.1, -0.05) is 23.7 Å². The predicted octanol–water partition coefficient (Wildman–Crippen LogP) is 6.06. The van der Waals surface area contributed by atoms with E-state index in [0.717, 1.165) is 17.4 Å². The molecule has 7 rings (SSSR count). The van der Waals surface area contributed by atoms with Crippen molar-refractivity contribution in [2.24, 2.45) is 5.92 Å². The second-order valence-corrected chi connectivity index (χ2v) is 18.7. The minimum Gasteiger partial charge on any atom is -0.455 e. The number of carbonyl (C=O) groups is 6. The van der Waals surface area contributed by atoms with Gasteiger partial charge < -0.3 is 39.9 Å². The molecule has 20 heteroatoms. The number of likely N-dealkylation sites (tertiary alicyclic amines) is 1. The molecular formula is C46H53ClN10O9. The number of rotatable bonds is 11. The van der Waals surface area contributed by atoms with E-state index in [1.807, 2.05) is 0 Å². The van der Waals surface area contributed by atoms with E-state index in [4.69, 9.17) is 21.1 Å². The molecule has 2 aliphatic heterocycles. The van der Waals surface area contributed by atoms with Crippen LogP contribution in [0.15, 0.2) is 73.1 Å². The van der Waals surface area contributed by atoms with Crippen molar-refractivity contribution in [3.05, 3.63) is 89.3 Å². The quantitative estimate of drug-likeness (QED) is 0.102. The molecule has 1 atom stereocenters. The number of nitrogens with zero attached hydrogens (tertiary/aromatic N) is 8. The molecule has 19 nitrogen and oxygen atoms in total. The highest BCUT2D eigenvalue weighted by atomic mass is 35.5. The highest BCUT2D eigenvalue weighted by molar-refractivity contribution is 6.41. The van der Waals surface area contributed by atoms with Crippen LogP contribution in [0.5, 0.6) is 0 Å². The minimum atomic E-state index is -1.22. The molecule has 1 unspecified atom stereocenters. The van der Waals surface area contributed by atoms with Crippen LogP contribution in [0, 0.1) is 5.92 Å². The number of piperazine rings is 1. The zero-order chi connectivity index (χ0) is 47.5. The zero-order valence-electron chi connectivity index (χ0n) is 37.6. The Bertz CT molecular complexity index is 2630. The number of amides is 5. The molecular weight excluding hydrogens is 872 g/mol. The first-order chi connectivity index (χ1) is 31.3. The van der Waals surface area contributed by atoms with Crippen LogP contribution in [0.3, 0.4) is 0 Å². The van der Waals surface area contributed by atoms with Gasteiger partial charge in [0, 0.05) is 61.0 Å². The third kappa shape index (κ3) is 11.0. The Morgan fingerprint density at radius 1 is 0.818 bits per heavy atom. The Balaban J connectivity index is 1.16. The summed E-state index contributed by atoms with van der Waals surface area (Å²) in [5.74, 6) is -2.85. The molecule has 5 amide bonds. The molecule has 2 aromatic heterocycles. The van der Waals surface area contributed by atoms with E-state index < -0.39 is 47.0 Å². The Morgan fingerprint density at radius 3 is 2.17 bits per heavy atom. The monoisotopic (exact) mass is 924 g/mol. The van der Waals surface area contributed by atoms with E-state index >= 15 is 0 Å². The topological polar surface area (TPSA) is 223 Å². The normalized spacial score (nSPS) is 15.5. The molecule has 0 aliphatic carbocycles. The van der Waals surface area contributed by atoms with Gasteiger partial charge in [-0.2, -0.15) is 4.68 Å². The zero-order valence-corrected chi connectivity index (χ0v) is 38.4. The number of aliphatic hydroxyl groups excluding tert-OH is 1. The summed E-state index contributed by atoms with van der Waals surface area (Å²) in [6.45, 7) is 11.5. The molecule has 348 valence electrons. The van der Waals surface area contributed by atoms with E-state index in [-0.39, 0.29) is 43.5 Å². The smallest absolute Gasteiger partial charge is 0.419 e. The summed E-state index contributed by atoms with van der Waals surface area (Å²) in [6, 6.07) is 16.3. The summed E-state index contributed by atoms with van der Waals surface area (Å²) in [6.07, 6.45) is 2.86. The minimum absolute atomic E-state index is 0.0103. The largest absolute Gasteiger partial charge is 0.455 e. The molecule has 0 bridgehead atoms. The Morgan fingerprint density at radius 2 is 1.52 bits per heavy atom. The number of piperidine rings is 1. The molecule has 66 heavy (non-hydrogen) atoms. The molecule has 3 N–H and O–H groups in total. The number of halogens is 1. The van der Waals surface area contributed by atoms with Gasteiger partial charge in [0.25, 0.3) is 0 Å². The van der Waals surface area contributed by atoms with Crippen molar-refractivity contribution in [1.82, 2.24) is 34.6 Å². The molecule has 0 radical (unpaired) electrons. The van der Waals surface area contributed by atoms with E-state index in [1.54, 1.807) is 101 Å². The van der Waals surface area contributed by atoms with Gasteiger partial charge >= 0.3 is 29.9 Å². The van der Waals surface area contributed by atoms with Crippen LogP contribution in [0.2, 0.25) is 5.02 Å². The lowest BCUT2D eigenvalue weighted by molar-refractivity contribution is -0.149. The van der Waals surface area contributed by atoms with Crippen molar-refractivity contribution in [3.63, 3.8) is 0 Å². The van der Waals surface area contributed by atoms with Gasteiger partial charge in [0.15, 0.2) is 0 Å². The number of hydrogen-bond donors (Lipinski definition) is 3. The number of benzene rings is 3. The Hall–Kier alpha value is -6.86. The summed E-state index contributed by atoms with van der Waals surface area (Å²) in [5.41, 5.74) is 0.599. The molecule has 2 aliphatic rings. The number of aromatic nitrogens is 5. The molecule has 3 aromatic carbocycles. The Kier molecular flexibility index (Phi) is 13.8. The first kappa shape index (κ1) is 47.1. The van der Waals surface area contributed by atoms with Gasteiger partial charge in [-0.15, -0.1) is 5.10 Å². The number of carbonyl (C=O) groups excluding carboxylic acids is 6. The van der Waals surface area contributed by atoms with Gasteiger partial charge in [0.2, 0.25) is 5.91 Å². The van der Waals surface area contributed by atoms with Gasteiger partial charge in [-0.25, -0.2) is 19.0 Å². The Labute approximate surface area is 385 Å². The maximum absolute atomic E-state index is 14.6. The van der Waals surface area contributed by atoms with Crippen molar-refractivity contribution in [1.29, 1.82) is 0 Å². The third-order valence-electron chi connectivity index (χ3n) is 11.1. The number of aliphatic hydroxyl groups is 1. The lowest BCUT2D eigenvalue weighted by atomic mass is 9.94. The van der Waals surface area contributed by atoms with E-state index in [2.05, 4.69) is 26.2 Å². The molecule has 2 saturated heterocycles. The van der Waals surface area contributed by atoms with Gasteiger partial charge in [0.05, 0.1) is 16.9 Å². The molecule has 0 saturated carbocycles. The first-order valence-electron chi connectivity index (χ1n) is 21.6. The number of hydrogen-bond acceptors (Lipinski definition) is 12. The third-order valence-corrected chi connectivity index (χ3v) is 11.3. The summed E-state index contributed by atoms with van der Waals surface area (Å²) in [4.78, 5) is 87.1. The fourth-order valence-electron chi connectivity index (χ4n) is 7.96. The second kappa shape index (κ2) is 19.3. The molecule has 0 spiro atoms. The van der Waals surface area contributed by atoms with Crippen molar-refractivity contribution >= 4 is 75.4 Å². The van der Waals surface area contributed by atoms with Crippen molar-refractivity contribution in [3.8, 4) is 5.69 Å². The number of fused-ring (bicyclic) bond motifs is 1. The van der Waals surface area contributed by atoms with Crippen LogP contribution in [0.25, 0.3) is 16.6 Å². The van der Waals surface area contributed by atoms with Gasteiger partial charge in [-0.05, 0) is 137 Å². The predicted molar refractivity (Wildman–Crippen MR) is 245 cm³/mol. The lowest BCUT2D eigenvalue weighted by Crippen LogP contribution is -2.60. The average molecular weight is 925 g/mol. The average Bonchev–Trinajstić information content (AvgIpc) is 3.93. The fraction of sp³-hybridized carbons (Fsp3) is 0.413. The van der Waals surface area contributed by atoms with E-state index in [0.29, 0.717) is 64.0 Å². The number of ether oxygens (including phenoxy) is 2. The lowest BCUT2D eigenvalue weighted by Gasteiger charge is -2.38. The highest BCUT2D eigenvalue weighted by Crippen LogP contribution is 2.31. The van der Waals surface area contributed by atoms with E-state index in [1.165, 1.54) is 32.9 Å². The standard InChI is InChI=1S/C46H53ClN10O9/c1-45(2,3)65-42(62)38-25-30-24-33(12-14-34(30)57(38)44(64)66-46(4,5)6)49-39(59)37(23-29-7-10-32(11-8-29)50-43(63)53-18-15-28(16-19-53)17-22-58)55-21-20-54(40(60)41(55)61)36-26-31(47)9-13-35(36)56-27-48-51-52-56/h7-14,24-28,37,58H,15-23H2,1-6H3,(H,49,59)(H,50,63). The summed E-state index contributed by atoms with van der Waals surface area (Å²) in [5, 5.41) is 27.1. The van der Waals surface area contributed by atoms with E-state index in [9.17, 15) is 33.9 Å². The number of nitrogens with one attached hydrogen (secondary N) is 2. The van der Waals surface area contributed by atoms with Crippen molar-refractivity contribution in [2.45, 2.75) is 84.5 Å². The van der Waals surface area contributed by atoms with Gasteiger partial charge in [0.1, 0.15) is 29.3 Å². The summed E-state index contributed by atoms with van der Waals surface area (Å²) in [7, 11) is 0. The van der Waals surface area contributed by atoms with Crippen LogP contribution >= 0.6 is 11.6 Å². The highest BCUT2D eigenvalue weighted by Gasteiger charge is 2.41. The van der Waals surface area contributed by atoms with Crippen molar-refractivity contribution in [2.75, 3.05) is 48.3 Å². The number of esters is 1. The van der Waals surface area contributed by atoms with Crippen LogP contribution < -0.4 is 15.5 Å². The fourth-order valence-corrected chi connectivity index (χ4v) is 8.13. The van der Waals surface area contributed by atoms with Crippen molar-refractivity contribution < 1.29 is 43.3 Å². The first-order valence-corrected chi connectivity index (χ1v) is 22.0. The molecule has 4 heterocycles. The number of tetrazole rings is 1. The van der Waals surface area contributed by atoms with Crippen LogP contribution in [-0.4, -0.2) is 126 Å². The summed E-state index contributed by atoms with van der Waals surface area (Å²) < 4.78 is 13.7. The number of urea groups is 1. The molecule has 2 fully saturated rings. The number of anilines is 3. The maximum atomic E-state index is 14.6. The second-order valence-electron chi connectivity index (χ2n) is 18.2.